The van der Waals surface area contributed by atoms with E-state index in [1.807, 2.05) is 12.1 Å². The molecule has 1 aliphatic rings. The number of ether oxygens (including phenoxy) is 2. The molecule has 0 radical (unpaired) electrons. The highest BCUT2D eigenvalue weighted by Gasteiger charge is 2.23. The molecule has 1 amide bonds. The van der Waals surface area contributed by atoms with Crippen molar-refractivity contribution >= 4 is 21.8 Å². The highest BCUT2D eigenvalue weighted by Crippen LogP contribution is 2.33. The summed E-state index contributed by atoms with van der Waals surface area (Å²) in [7, 11) is 3.19. The third-order valence-corrected chi connectivity index (χ3v) is 5.10. The number of rotatable bonds is 5. The summed E-state index contributed by atoms with van der Waals surface area (Å²) in [5.41, 5.74) is 0.901. The SMILES string of the molecule is COc1cc(Br)c(CC(=O)N[C@H]2CCCC[C@@H]2C)cc1OC. The molecule has 0 spiro atoms. The average molecular weight is 370 g/mol. The Morgan fingerprint density at radius 1 is 1.23 bits per heavy atom. The molecule has 5 heteroatoms. The van der Waals surface area contributed by atoms with Crippen molar-refractivity contribution in [2.24, 2.45) is 5.92 Å². The first kappa shape index (κ1) is 17.1. The summed E-state index contributed by atoms with van der Waals surface area (Å²) < 4.78 is 11.4. The van der Waals surface area contributed by atoms with Gasteiger partial charge in [0.05, 0.1) is 20.6 Å². The van der Waals surface area contributed by atoms with Gasteiger partial charge in [-0.2, -0.15) is 0 Å². The van der Waals surface area contributed by atoms with E-state index in [0.29, 0.717) is 29.9 Å². The summed E-state index contributed by atoms with van der Waals surface area (Å²) in [5, 5.41) is 3.18. The quantitative estimate of drug-likeness (QED) is 0.860. The van der Waals surface area contributed by atoms with Crippen LogP contribution >= 0.6 is 15.9 Å². The largest absolute Gasteiger partial charge is 0.493 e. The molecule has 0 heterocycles. The molecule has 4 nitrogen and oxygen atoms in total. The summed E-state index contributed by atoms with van der Waals surface area (Å²) in [6.45, 7) is 2.22. The lowest BCUT2D eigenvalue weighted by Crippen LogP contribution is -2.41. The molecular formula is C17H24BrNO3. The molecule has 1 aromatic rings. The Bertz CT molecular complexity index is 533. The zero-order valence-corrected chi connectivity index (χ0v) is 15.0. The number of benzene rings is 1. The second-order valence-electron chi connectivity index (χ2n) is 5.91. The van der Waals surface area contributed by atoms with Gasteiger partial charge in [0.15, 0.2) is 11.5 Å². The molecule has 0 aliphatic heterocycles. The molecule has 22 heavy (non-hydrogen) atoms. The minimum absolute atomic E-state index is 0.0617. The molecule has 1 saturated carbocycles. The molecule has 2 rings (SSSR count). The smallest absolute Gasteiger partial charge is 0.224 e. The molecular weight excluding hydrogens is 346 g/mol. The second kappa shape index (κ2) is 7.86. The fraction of sp³-hybridized carbons (Fsp3) is 0.588. The van der Waals surface area contributed by atoms with Gasteiger partial charge in [-0.15, -0.1) is 0 Å². The van der Waals surface area contributed by atoms with Crippen LogP contribution < -0.4 is 14.8 Å². The van der Waals surface area contributed by atoms with Crippen molar-refractivity contribution in [1.29, 1.82) is 0 Å². The van der Waals surface area contributed by atoms with E-state index in [9.17, 15) is 4.79 Å². The van der Waals surface area contributed by atoms with Gasteiger partial charge in [-0.1, -0.05) is 35.7 Å². The van der Waals surface area contributed by atoms with Gasteiger partial charge in [-0.05, 0) is 36.5 Å². The van der Waals surface area contributed by atoms with Crippen molar-refractivity contribution in [3.63, 3.8) is 0 Å². The first-order valence-electron chi connectivity index (χ1n) is 7.75. The molecule has 0 unspecified atom stereocenters. The Morgan fingerprint density at radius 2 is 1.86 bits per heavy atom. The van der Waals surface area contributed by atoms with E-state index in [0.717, 1.165) is 16.5 Å². The van der Waals surface area contributed by atoms with E-state index in [2.05, 4.69) is 28.2 Å². The lowest BCUT2D eigenvalue weighted by atomic mass is 9.86. The van der Waals surface area contributed by atoms with Crippen LogP contribution in [0.1, 0.15) is 38.2 Å². The van der Waals surface area contributed by atoms with Crippen molar-refractivity contribution in [3.8, 4) is 11.5 Å². The fourth-order valence-corrected chi connectivity index (χ4v) is 3.46. The van der Waals surface area contributed by atoms with Gasteiger partial charge in [0, 0.05) is 10.5 Å². The molecule has 1 N–H and O–H groups in total. The summed E-state index contributed by atoms with van der Waals surface area (Å²) in [5.74, 6) is 1.91. The summed E-state index contributed by atoms with van der Waals surface area (Å²) in [6.07, 6.45) is 5.10. The summed E-state index contributed by atoms with van der Waals surface area (Å²) in [6, 6.07) is 4.00. The minimum atomic E-state index is 0.0617. The number of amides is 1. The van der Waals surface area contributed by atoms with Gasteiger partial charge in [0.25, 0.3) is 0 Å². The minimum Gasteiger partial charge on any atom is -0.493 e. The second-order valence-corrected chi connectivity index (χ2v) is 6.77. The number of carbonyl (C=O) groups is 1. The highest BCUT2D eigenvalue weighted by molar-refractivity contribution is 9.10. The predicted molar refractivity (Wildman–Crippen MR) is 90.5 cm³/mol. The maximum Gasteiger partial charge on any atom is 0.224 e. The van der Waals surface area contributed by atoms with Gasteiger partial charge in [0.1, 0.15) is 0 Å². The molecule has 0 bridgehead atoms. The van der Waals surface area contributed by atoms with Crippen LogP contribution in [0.3, 0.4) is 0 Å². The molecule has 1 aliphatic carbocycles. The number of methoxy groups -OCH3 is 2. The third-order valence-electron chi connectivity index (χ3n) is 4.36. The van der Waals surface area contributed by atoms with E-state index in [4.69, 9.17) is 9.47 Å². The predicted octanol–water partition coefficient (Wildman–Crippen LogP) is 3.70. The number of hydrogen-bond donors (Lipinski definition) is 1. The summed E-state index contributed by atoms with van der Waals surface area (Å²) in [4.78, 5) is 12.3. The zero-order chi connectivity index (χ0) is 16.1. The molecule has 0 aromatic heterocycles. The maximum absolute atomic E-state index is 12.3. The monoisotopic (exact) mass is 369 g/mol. The van der Waals surface area contributed by atoms with Gasteiger partial charge in [-0.25, -0.2) is 0 Å². The van der Waals surface area contributed by atoms with E-state index in [1.54, 1.807) is 14.2 Å². The van der Waals surface area contributed by atoms with Crippen molar-refractivity contribution in [2.75, 3.05) is 14.2 Å². The lowest BCUT2D eigenvalue weighted by molar-refractivity contribution is -0.121. The molecule has 1 aromatic carbocycles. The lowest BCUT2D eigenvalue weighted by Gasteiger charge is -2.29. The van der Waals surface area contributed by atoms with Crippen molar-refractivity contribution < 1.29 is 14.3 Å². The molecule has 0 saturated heterocycles. The maximum atomic E-state index is 12.3. The van der Waals surface area contributed by atoms with E-state index >= 15 is 0 Å². The van der Waals surface area contributed by atoms with Gasteiger partial charge < -0.3 is 14.8 Å². The van der Waals surface area contributed by atoms with Crippen molar-refractivity contribution in [3.05, 3.63) is 22.2 Å². The van der Waals surface area contributed by atoms with Gasteiger partial charge >= 0.3 is 0 Å². The van der Waals surface area contributed by atoms with Crippen LogP contribution in [0.2, 0.25) is 0 Å². The molecule has 1 fully saturated rings. The number of hydrogen-bond acceptors (Lipinski definition) is 3. The van der Waals surface area contributed by atoms with E-state index in [-0.39, 0.29) is 5.91 Å². The van der Waals surface area contributed by atoms with Crippen molar-refractivity contribution in [2.45, 2.75) is 45.1 Å². The average Bonchev–Trinajstić information content (AvgIpc) is 2.51. The number of nitrogens with one attached hydrogen (secondary N) is 1. The molecule has 122 valence electrons. The van der Waals surface area contributed by atoms with Crippen LogP contribution in [0.4, 0.5) is 0 Å². The molecule has 2 atom stereocenters. The first-order valence-corrected chi connectivity index (χ1v) is 8.54. The normalized spacial score (nSPS) is 21.3. The van der Waals surface area contributed by atoms with E-state index in [1.165, 1.54) is 19.3 Å². The zero-order valence-electron chi connectivity index (χ0n) is 13.4. The van der Waals surface area contributed by atoms with Crippen LogP contribution in [-0.2, 0) is 11.2 Å². The number of halogens is 1. The Balaban J connectivity index is 2.04. The Labute approximate surface area is 140 Å². The topological polar surface area (TPSA) is 47.6 Å². The Kier molecular flexibility index (Phi) is 6.12. The summed E-state index contributed by atoms with van der Waals surface area (Å²) >= 11 is 3.50. The Hall–Kier alpha value is -1.23. The Morgan fingerprint density at radius 3 is 2.50 bits per heavy atom. The van der Waals surface area contributed by atoms with Crippen LogP contribution in [0.25, 0.3) is 0 Å². The first-order chi connectivity index (χ1) is 10.5. The highest BCUT2D eigenvalue weighted by atomic mass is 79.9. The van der Waals surface area contributed by atoms with Gasteiger partial charge in [0.2, 0.25) is 5.91 Å². The number of carbonyl (C=O) groups excluding carboxylic acids is 1. The van der Waals surface area contributed by atoms with Crippen molar-refractivity contribution in [1.82, 2.24) is 5.32 Å². The standard InChI is InChI=1S/C17H24BrNO3/c1-11-6-4-5-7-14(11)19-17(20)9-12-8-15(21-2)16(22-3)10-13(12)18/h8,10-11,14H,4-7,9H2,1-3H3,(H,19,20)/t11-,14-/m0/s1. The van der Waals surface area contributed by atoms with Crippen LogP contribution in [0, 0.1) is 5.92 Å². The van der Waals surface area contributed by atoms with Crippen LogP contribution in [-0.4, -0.2) is 26.2 Å². The third kappa shape index (κ3) is 4.15. The van der Waals surface area contributed by atoms with Crippen LogP contribution in [0.15, 0.2) is 16.6 Å². The fourth-order valence-electron chi connectivity index (χ4n) is 2.99. The van der Waals surface area contributed by atoms with E-state index < -0.39 is 0 Å². The van der Waals surface area contributed by atoms with Crippen LogP contribution in [0.5, 0.6) is 11.5 Å². The van der Waals surface area contributed by atoms with Gasteiger partial charge in [-0.3, -0.25) is 4.79 Å².